The Labute approximate surface area is 231 Å². The number of aryl methyl sites for hydroxylation is 1. The first-order valence-corrected chi connectivity index (χ1v) is 12.6. The van der Waals surface area contributed by atoms with Gasteiger partial charge in [-0.05, 0) is 61.5 Å². The Hall–Kier alpha value is -5.70. The van der Waals surface area contributed by atoms with Gasteiger partial charge in [-0.2, -0.15) is 10.2 Å². The number of phenolic OH excluding ortho intramolecular Hbond substituents is 1. The molecule has 0 unspecified atom stereocenters. The number of rotatable bonds is 5. The minimum absolute atomic E-state index is 0.0129. The third-order valence-corrected chi connectivity index (χ3v) is 6.85. The van der Waals surface area contributed by atoms with Crippen molar-refractivity contribution in [1.82, 2.24) is 0 Å². The SMILES string of the molecule is Cc1ccc(N=Nc2ccc(O)c(C(c3c(O)c4ccccc4oc3=O)c3c(O)c4ccccc4oc3=O)c2)cc1. The molecule has 0 amide bonds. The zero-order valence-electron chi connectivity index (χ0n) is 21.6. The van der Waals surface area contributed by atoms with Gasteiger partial charge in [-0.1, -0.05) is 42.0 Å². The van der Waals surface area contributed by atoms with Crippen LogP contribution in [0.1, 0.15) is 28.2 Å². The lowest BCUT2D eigenvalue weighted by molar-refractivity contribution is 0.435. The molecule has 4 aromatic carbocycles. The van der Waals surface area contributed by atoms with Crippen LogP contribution < -0.4 is 11.3 Å². The highest BCUT2D eigenvalue weighted by atomic mass is 16.4. The van der Waals surface area contributed by atoms with Crippen LogP contribution in [0.4, 0.5) is 11.4 Å². The number of fused-ring (bicyclic) bond motifs is 2. The standard InChI is InChI=1S/C32H22N2O7/c1-17-10-12-18(13-11-17)33-34-19-14-15-23(35)22(16-19)26(27-29(36)20-6-2-4-8-24(20)40-31(27)38)28-30(37)21-7-3-5-9-25(21)41-32(28)39/h2-16,26,35-37H,1H3. The van der Waals surface area contributed by atoms with Crippen LogP contribution in [0, 0.1) is 6.92 Å². The van der Waals surface area contributed by atoms with Gasteiger partial charge in [0.05, 0.1) is 39.2 Å². The van der Waals surface area contributed by atoms with Crippen molar-refractivity contribution < 1.29 is 24.2 Å². The van der Waals surface area contributed by atoms with Crippen molar-refractivity contribution in [3.63, 3.8) is 0 Å². The van der Waals surface area contributed by atoms with E-state index in [9.17, 15) is 24.9 Å². The molecule has 0 aliphatic carbocycles. The fourth-order valence-corrected chi connectivity index (χ4v) is 4.82. The summed E-state index contributed by atoms with van der Waals surface area (Å²) in [6.07, 6.45) is 0. The van der Waals surface area contributed by atoms with Crippen LogP contribution in [0.25, 0.3) is 21.9 Å². The van der Waals surface area contributed by atoms with E-state index in [-0.39, 0.29) is 50.1 Å². The topological polar surface area (TPSA) is 146 Å². The second-order valence-electron chi connectivity index (χ2n) is 9.51. The molecule has 6 aromatic rings. The monoisotopic (exact) mass is 546 g/mol. The Balaban J connectivity index is 1.63. The van der Waals surface area contributed by atoms with Crippen molar-refractivity contribution >= 4 is 33.3 Å². The molecule has 0 aliphatic heterocycles. The number of para-hydroxylation sites is 2. The number of azo groups is 1. The Morgan fingerprint density at radius 1 is 0.634 bits per heavy atom. The summed E-state index contributed by atoms with van der Waals surface area (Å²) in [7, 11) is 0. The van der Waals surface area contributed by atoms with Crippen LogP contribution in [0.2, 0.25) is 0 Å². The van der Waals surface area contributed by atoms with Crippen molar-refractivity contribution in [1.29, 1.82) is 0 Å². The third-order valence-electron chi connectivity index (χ3n) is 6.85. The normalized spacial score (nSPS) is 11.7. The summed E-state index contributed by atoms with van der Waals surface area (Å²) < 4.78 is 11.0. The van der Waals surface area contributed by atoms with E-state index in [1.54, 1.807) is 48.5 Å². The van der Waals surface area contributed by atoms with Gasteiger partial charge >= 0.3 is 11.3 Å². The predicted octanol–water partition coefficient (Wildman–Crippen LogP) is 6.92. The van der Waals surface area contributed by atoms with Crippen LogP contribution in [0.5, 0.6) is 17.2 Å². The van der Waals surface area contributed by atoms with E-state index in [2.05, 4.69) is 10.2 Å². The molecular formula is C32H22N2O7. The summed E-state index contributed by atoms with van der Waals surface area (Å²) in [5.41, 5.74) is -0.528. The molecule has 6 rings (SSSR count). The largest absolute Gasteiger partial charge is 0.508 e. The highest BCUT2D eigenvalue weighted by Gasteiger charge is 2.34. The number of hydrogen-bond acceptors (Lipinski definition) is 9. The van der Waals surface area contributed by atoms with Gasteiger partial charge in [-0.25, -0.2) is 9.59 Å². The molecule has 9 nitrogen and oxygen atoms in total. The predicted molar refractivity (Wildman–Crippen MR) is 153 cm³/mol. The van der Waals surface area contributed by atoms with E-state index in [4.69, 9.17) is 8.83 Å². The highest BCUT2D eigenvalue weighted by molar-refractivity contribution is 5.87. The van der Waals surface area contributed by atoms with E-state index in [0.29, 0.717) is 5.69 Å². The minimum atomic E-state index is -1.51. The lowest BCUT2D eigenvalue weighted by Crippen LogP contribution is -2.21. The van der Waals surface area contributed by atoms with Crippen molar-refractivity contribution in [2.75, 3.05) is 0 Å². The maximum atomic E-state index is 13.4. The van der Waals surface area contributed by atoms with Crippen LogP contribution in [-0.2, 0) is 0 Å². The second kappa shape index (κ2) is 10.1. The summed E-state index contributed by atoms with van der Waals surface area (Å²) in [5.74, 6) is -2.78. The lowest BCUT2D eigenvalue weighted by atomic mass is 9.84. The number of aromatic hydroxyl groups is 3. The van der Waals surface area contributed by atoms with Gasteiger partial charge in [0, 0.05) is 5.56 Å². The Kier molecular flexibility index (Phi) is 6.31. The minimum Gasteiger partial charge on any atom is -0.508 e. The molecule has 3 N–H and O–H groups in total. The zero-order valence-corrected chi connectivity index (χ0v) is 21.6. The maximum Gasteiger partial charge on any atom is 0.344 e. The molecule has 2 heterocycles. The maximum absolute atomic E-state index is 13.4. The number of phenols is 1. The van der Waals surface area contributed by atoms with E-state index < -0.39 is 28.7 Å². The number of nitrogens with zero attached hydrogens (tertiary/aromatic N) is 2. The Bertz CT molecular complexity index is 1990. The van der Waals surface area contributed by atoms with Crippen molar-refractivity contribution in [3.8, 4) is 17.2 Å². The molecule has 0 saturated carbocycles. The molecule has 0 saturated heterocycles. The van der Waals surface area contributed by atoms with Crippen LogP contribution >= 0.6 is 0 Å². The molecule has 0 aliphatic rings. The van der Waals surface area contributed by atoms with Crippen molar-refractivity contribution in [2.45, 2.75) is 12.8 Å². The Morgan fingerprint density at radius 2 is 1.12 bits per heavy atom. The quantitative estimate of drug-likeness (QED) is 0.157. The Morgan fingerprint density at radius 3 is 1.68 bits per heavy atom. The fraction of sp³-hybridized carbons (Fsp3) is 0.0625. The number of benzene rings is 4. The number of hydrogen-bond donors (Lipinski definition) is 3. The van der Waals surface area contributed by atoms with Crippen LogP contribution in [0.3, 0.4) is 0 Å². The van der Waals surface area contributed by atoms with Gasteiger partial charge in [0.2, 0.25) is 0 Å². The molecule has 0 spiro atoms. The fourth-order valence-electron chi connectivity index (χ4n) is 4.82. The van der Waals surface area contributed by atoms with E-state index in [1.807, 2.05) is 19.1 Å². The molecule has 9 heteroatoms. The smallest absolute Gasteiger partial charge is 0.344 e. The van der Waals surface area contributed by atoms with Crippen LogP contribution in [-0.4, -0.2) is 15.3 Å². The lowest BCUT2D eigenvalue weighted by Gasteiger charge is -2.20. The first-order chi connectivity index (χ1) is 19.8. The average Bonchev–Trinajstić information content (AvgIpc) is 2.97. The molecule has 0 atom stereocenters. The zero-order chi connectivity index (χ0) is 28.7. The first-order valence-electron chi connectivity index (χ1n) is 12.6. The third kappa shape index (κ3) is 4.59. The van der Waals surface area contributed by atoms with Crippen LogP contribution in [0.15, 0.2) is 120 Å². The van der Waals surface area contributed by atoms with Gasteiger partial charge in [0.1, 0.15) is 28.4 Å². The van der Waals surface area contributed by atoms with Gasteiger partial charge < -0.3 is 24.2 Å². The summed E-state index contributed by atoms with van der Waals surface area (Å²) in [5, 5.41) is 42.6. The summed E-state index contributed by atoms with van der Waals surface area (Å²) in [6.45, 7) is 1.95. The van der Waals surface area contributed by atoms with Gasteiger partial charge in [-0.3, -0.25) is 0 Å². The van der Waals surface area contributed by atoms with E-state index >= 15 is 0 Å². The van der Waals surface area contributed by atoms with Crippen molar-refractivity contribution in [2.24, 2.45) is 10.2 Å². The molecule has 0 fully saturated rings. The molecule has 41 heavy (non-hydrogen) atoms. The van der Waals surface area contributed by atoms with E-state index in [0.717, 1.165) is 5.56 Å². The summed E-state index contributed by atoms with van der Waals surface area (Å²) in [4.78, 5) is 26.8. The molecular weight excluding hydrogens is 524 g/mol. The summed E-state index contributed by atoms with van der Waals surface area (Å²) >= 11 is 0. The van der Waals surface area contributed by atoms with Crippen molar-refractivity contribution in [3.05, 3.63) is 134 Å². The molecule has 2 aromatic heterocycles. The van der Waals surface area contributed by atoms with Gasteiger partial charge in [0.25, 0.3) is 0 Å². The van der Waals surface area contributed by atoms with E-state index in [1.165, 1.54) is 30.3 Å². The van der Waals surface area contributed by atoms with Gasteiger partial charge in [0.15, 0.2) is 0 Å². The highest BCUT2D eigenvalue weighted by Crippen LogP contribution is 2.45. The molecule has 202 valence electrons. The molecule has 0 bridgehead atoms. The second-order valence-corrected chi connectivity index (χ2v) is 9.51. The van der Waals surface area contributed by atoms with Gasteiger partial charge in [-0.15, -0.1) is 0 Å². The molecule has 0 radical (unpaired) electrons. The average molecular weight is 547 g/mol. The first kappa shape index (κ1) is 25.6. The summed E-state index contributed by atoms with van der Waals surface area (Å²) in [6, 6.07) is 24.3.